The van der Waals surface area contributed by atoms with Gasteiger partial charge in [-0.15, -0.1) is 0 Å². The number of furan rings is 1. The molecule has 9 heteroatoms. The Morgan fingerprint density at radius 2 is 1.73 bits per heavy atom. The molecule has 0 fully saturated rings. The lowest BCUT2D eigenvalue weighted by atomic mass is 10.1. The number of rotatable bonds is 8. The third kappa shape index (κ3) is 5.67. The zero-order valence-electron chi connectivity index (χ0n) is 20.1. The number of hydrogen-bond donors (Lipinski definition) is 4. The minimum atomic E-state index is -0.926. The van der Waals surface area contributed by atoms with Gasteiger partial charge in [0.2, 0.25) is 5.91 Å². The summed E-state index contributed by atoms with van der Waals surface area (Å²) in [6.07, 6.45) is 3.07. The van der Waals surface area contributed by atoms with Gasteiger partial charge in [0.05, 0.1) is 14.2 Å². The molecule has 0 unspecified atom stereocenters. The van der Waals surface area contributed by atoms with Crippen molar-refractivity contribution in [1.29, 1.82) is 0 Å². The maximum absolute atomic E-state index is 12.7. The zero-order valence-corrected chi connectivity index (χ0v) is 20.1. The van der Waals surface area contributed by atoms with E-state index in [1.54, 1.807) is 42.5 Å². The normalized spacial score (nSPS) is 11.9. The Balaban J connectivity index is 1.59. The molecule has 190 valence electrons. The first-order chi connectivity index (χ1) is 17.8. The number of hydrogen-bond acceptors (Lipinski definition) is 8. The van der Waals surface area contributed by atoms with E-state index in [1.165, 1.54) is 44.6 Å². The molecule has 1 atom stereocenters. The van der Waals surface area contributed by atoms with Crippen molar-refractivity contribution < 1.29 is 38.8 Å². The maximum Gasteiger partial charge on any atom is 0.328 e. The minimum Gasteiger partial charge on any atom is -0.508 e. The van der Waals surface area contributed by atoms with Crippen molar-refractivity contribution >= 4 is 28.9 Å². The molecule has 1 heterocycles. The number of ether oxygens (including phenoxy) is 2. The monoisotopic (exact) mass is 503 g/mol. The average molecular weight is 504 g/mol. The van der Waals surface area contributed by atoms with Gasteiger partial charge in [0.1, 0.15) is 17.6 Å². The molecule has 0 spiro atoms. The smallest absolute Gasteiger partial charge is 0.328 e. The number of fused-ring (bicyclic) bond motifs is 1. The van der Waals surface area contributed by atoms with E-state index in [0.717, 1.165) is 5.56 Å². The van der Waals surface area contributed by atoms with Crippen LogP contribution in [0.4, 0.5) is 0 Å². The molecule has 4 aromatic rings. The zero-order chi connectivity index (χ0) is 26.5. The predicted molar refractivity (Wildman–Crippen MR) is 136 cm³/mol. The Labute approximate surface area is 212 Å². The predicted octanol–water partition coefficient (Wildman–Crippen LogP) is 4.14. The molecule has 37 heavy (non-hydrogen) atoms. The quantitative estimate of drug-likeness (QED) is 0.160. The molecule has 9 nitrogen and oxygen atoms in total. The van der Waals surface area contributed by atoms with Crippen LogP contribution in [-0.4, -0.2) is 47.5 Å². The highest BCUT2D eigenvalue weighted by atomic mass is 16.5. The van der Waals surface area contributed by atoms with Crippen LogP contribution in [-0.2, 0) is 20.7 Å². The molecule has 0 aliphatic carbocycles. The van der Waals surface area contributed by atoms with Gasteiger partial charge in [0.25, 0.3) is 0 Å². The molecule has 1 amide bonds. The van der Waals surface area contributed by atoms with E-state index in [-0.39, 0.29) is 23.7 Å². The molecular formula is C28H25NO8. The van der Waals surface area contributed by atoms with E-state index in [1.807, 2.05) is 0 Å². The second kappa shape index (κ2) is 10.8. The summed E-state index contributed by atoms with van der Waals surface area (Å²) in [5, 5.41) is 32.2. The molecule has 0 bridgehead atoms. The molecule has 3 aromatic carbocycles. The van der Waals surface area contributed by atoms with Crippen LogP contribution < -0.4 is 10.1 Å². The van der Waals surface area contributed by atoms with Gasteiger partial charge in [-0.1, -0.05) is 18.2 Å². The summed E-state index contributed by atoms with van der Waals surface area (Å²) in [5.41, 5.74) is 2.36. The van der Waals surface area contributed by atoms with Crippen LogP contribution >= 0.6 is 0 Å². The van der Waals surface area contributed by atoms with Crippen LogP contribution in [0.3, 0.4) is 0 Å². The number of methoxy groups -OCH3 is 2. The van der Waals surface area contributed by atoms with Crippen LogP contribution in [0, 0.1) is 0 Å². The molecule has 0 aliphatic rings. The Kier molecular flexibility index (Phi) is 7.34. The topological polar surface area (TPSA) is 138 Å². The summed E-state index contributed by atoms with van der Waals surface area (Å²) < 4.78 is 16.2. The fourth-order valence-corrected chi connectivity index (χ4v) is 3.83. The second-order valence-electron chi connectivity index (χ2n) is 8.20. The summed E-state index contributed by atoms with van der Waals surface area (Å²) >= 11 is 0. The van der Waals surface area contributed by atoms with Gasteiger partial charge >= 0.3 is 5.97 Å². The van der Waals surface area contributed by atoms with Gasteiger partial charge in [-0.3, -0.25) is 4.79 Å². The van der Waals surface area contributed by atoms with Crippen molar-refractivity contribution in [3.8, 4) is 34.3 Å². The lowest BCUT2D eigenvalue weighted by Gasteiger charge is -2.15. The van der Waals surface area contributed by atoms with Gasteiger partial charge in [0.15, 0.2) is 22.8 Å². The summed E-state index contributed by atoms with van der Waals surface area (Å²) in [6, 6.07) is 14.9. The largest absolute Gasteiger partial charge is 0.508 e. The molecule has 4 N–H and O–H groups in total. The fourth-order valence-electron chi connectivity index (χ4n) is 3.83. The standard InChI is InChI=1S/C28H25NO8/c1-35-24-11-6-17(20-15-25(37-27(20)24)18-5-10-22(31)23(32)14-18)7-12-26(33)29-21(28(34)36-2)13-16-3-8-19(30)9-4-16/h3-12,14-15,21,30-32H,13H2,1-2H3,(H,29,33)/b12-7+/t21-/m0/s1. The van der Waals surface area contributed by atoms with Crippen LogP contribution in [0.15, 0.2) is 71.2 Å². The van der Waals surface area contributed by atoms with E-state index in [4.69, 9.17) is 13.9 Å². The number of carbonyl (C=O) groups excluding carboxylic acids is 2. The van der Waals surface area contributed by atoms with E-state index in [9.17, 15) is 24.9 Å². The van der Waals surface area contributed by atoms with Crippen LogP contribution in [0.2, 0.25) is 0 Å². The van der Waals surface area contributed by atoms with Crippen molar-refractivity contribution in [3.63, 3.8) is 0 Å². The second-order valence-corrected chi connectivity index (χ2v) is 8.20. The van der Waals surface area contributed by atoms with E-state index in [2.05, 4.69) is 5.32 Å². The third-order valence-electron chi connectivity index (χ3n) is 5.75. The first-order valence-electron chi connectivity index (χ1n) is 11.3. The fraction of sp³-hybridized carbons (Fsp3) is 0.143. The van der Waals surface area contributed by atoms with Gasteiger partial charge in [-0.25, -0.2) is 4.79 Å². The molecule has 1 aromatic heterocycles. The summed E-state index contributed by atoms with van der Waals surface area (Å²) in [6.45, 7) is 0. The van der Waals surface area contributed by atoms with E-state index < -0.39 is 17.9 Å². The van der Waals surface area contributed by atoms with Crippen molar-refractivity contribution in [2.75, 3.05) is 14.2 Å². The number of aromatic hydroxyl groups is 3. The molecule has 4 rings (SSSR count). The molecular weight excluding hydrogens is 478 g/mol. The maximum atomic E-state index is 12.7. The number of benzene rings is 3. The van der Waals surface area contributed by atoms with Crippen LogP contribution in [0.5, 0.6) is 23.0 Å². The average Bonchev–Trinajstić information content (AvgIpc) is 3.35. The van der Waals surface area contributed by atoms with E-state index in [0.29, 0.717) is 33.6 Å². The summed E-state index contributed by atoms with van der Waals surface area (Å²) in [5.74, 6) is -0.639. The lowest BCUT2D eigenvalue weighted by Crippen LogP contribution is -2.42. The van der Waals surface area contributed by atoms with Gasteiger partial charge in [0, 0.05) is 23.4 Å². The highest BCUT2D eigenvalue weighted by Gasteiger charge is 2.21. The highest BCUT2D eigenvalue weighted by Crippen LogP contribution is 2.38. The lowest BCUT2D eigenvalue weighted by molar-refractivity contribution is -0.144. The third-order valence-corrected chi connectivity index (χ3v) is 5.75. The first kappa shape index (κ1) is 25.2. The number of amides is 1. The minimum absolute atomic E-state index is 0.0979. The van der Waals surface area contributed by atoms with E-state index >= 15 is 0 Å². The number of carbonyl (C=O) groups is 2. The van der Waals surface area contributed by atoms with Crippen molar-refractivity contribution in [3.05, 3.63) is 77.9 Å². The molecule has 0 radical (unpaired) electrons. The van der Waals surface area contributed by atoms with Crippen LogP contribution in [0.25, 0.3) is 28.4 Å². The van der Waals surface area contributed by atoms with Crippen molar-refractivity contribution in [1.82, 2.24) is 5.32 Å². The highest BCUT2D eigenvalue weighted by molar-refractivity contribution is 5.99. The molecule has 0 aliphatic heterocycles. The molecule has 0 saturated heterocycles. The summed E-state index contributed by atoms with van der Waals surface area (Å²) in [7, 11) is 2.75. The Hall–Kier alpha value is -4.92. The first-order valence-corrected chi connectivity index (χ1v) is 11.3. The number of esters is 1. The van der Waals surface area contributed by atoms with Gasteiger partial charge in [-0.05, 0) is 59.7 Å². The number of phenols is 3. The molecule has 0 saturated carbocycles. The number of phenolic OH excluding ortho intramolecular Hbond substituents is 3. The Bertz CT molecular complexity index is 1470. The Morgan fingerprint density at radius 3 is 2.41 bits per heavy atom. The van der Waals surface area contributed by atoms with Gasteiger partial charge < -0.3 is 34.5 Å². The van der Waals surface area contributed by atoms with Crippen molar-refractivity contribution in [2.45, 2.75) is 12.5 Å². The van der Waals surface area contributed by atoms with Crippen LogP contribution in [0.1, 0.15) is 11.1 Å². The van der Waals surface area contributed by atoms with Crippen molar-refractivity contribution in [2.24, 2.45) is 0 Å². The number of nitrogens with one attached hydrogen (secondary N) is 1. The van der Waals surface area contributed by atoms with Gasteiger partial charge in [-0.2, -0.15) is 0 Å². The Morgan fingerprint density at radius 1 is 0.973 bits per heavy atom. The summed E-state index contributed by atoms with van der Waals surface area (Å²) in [4.78, 5) is 25.0. The SMILES string of the molecule is COC(=O)[C@H](Cc1ccc(O)cc1)NC(=O)/C=C/c1ccc(OC)c2oc(-c3ccc(O)c(O)c3)cc12.